The Hall–Kier alpha value is -3.09. The quantitative estimate of drug-likeness (QED) is 0.334. The van der Waals surface area contributed by atoms with Crippen molar-refractivity contribution in [2.75, 3.05) is 10.7 Å². The van der Waals surface area contributed by atoms with Gasteiger partial charge in [-0.1, -0.05) is 59.8 Å². The highest BCUT2D eigenvalue weighted by molar-refractivity contribution is 7.99. The molecule has 1 aliphatic heterocycles. The van der Waals surface area contributed by atoms with Crippen LogP contribution in [0.1, 0.15) is 18.1 Å². The summed E-state index contributed by atoms with van der Waals surface area (Å²) in [6, 6.07) is 23.9. The Bertz CT molecular complexity index is 1320. The van der Waals surface area contributed by atoms with Gasteiger partial charge in [-0.05, 0) is 67.8 Å². The van der Waals surface area contributed by atoms with Crippen LogP contribution in [0.4, 0.5) is 5.69 Å². The summed E-state index contributed by atoms with van der Waals surface area (Å²) in [5.74, 6) is 1.07. The molecule has 4 aromatic rings. The molecule has 0 radical (unpaired) electrons. The van der Waals surface area contributed by atoms with Crippen molar-refractivity contribution in [1.82, 2.24) is 14.8 Å². The molecule has 33 heavy (non-hydrogen) atoms. The molecule has 1 aromatic heterocycles. The van der Waals surface area contributed by atoms with Crippen LogP contribution < -0.4 is 4.90 Å². The predicted molar refractivity (Wildman–Crippen MR) is 134 cm³/mol. The monoisotopic (exact) mass is 474 g/mol. The lowest BCUT2D eigenvalue weighted by atomic mass is 10.1. The van der Waals surface area contributed by atoms with E-state index in [1.807, 2.05) is 70.1 Å². The molecule has 0 saturated heterocycles. The number of carbonyl (C=O) groups is 1. The fraction of sp³-hybridized carbons (Fsp3) is 0.192. The zero-order valence-corrected chi connectivity index (χ0v) is 20.0. The van der Waals surface area contributed by atoms with E-state index in [1.54, 1.807) is 0 Å². The number of hydrogen-bond donors (Lipinski definition) is 0. The number of nitrogens with zero attached hydrogens (tertiary/aromatic N) is 4. The van der Waals surface area contributed by atoms with E-state index in [1.165, 1.54) is 17.3 Å². The minimum atomic E-state index is 0.0739. The summed E-state index contributed by atoms with van der Waals surface area (Å²) in [5, 5.41) is 10.3. The van der Waals surface area contributed by atoms with Crippen molar-refractivity contribution in [3.8, 4) is 17.1 Å². The maximum absolute atomic E-state index is 13.3. The van der Waals surface area contributed by atoms with Crippen LogP contribution in [-0.2, 0) is 11.2 Å². The summed E-state index contributed by atoms with van der Waals surface area (Å²) in [4.78, 5) is 15.2. The molecular formula is C26H23ClN4OS. The summed E-state index contributed by atoms with van der Waals surface area (Å²) in [6.07, 6.45) is 0.882. The molecule has 166 valence electrons. The molecular weight excluding hydrogens is 452 g/mol. The third kappa shape index (κ3) is 4.16. The lowest BCUT2D eigenvalue weighted by Gasteiger charge is -2.22. The highest BCUT2D eigenvalue weighted by Crippen LogP contribution is 2.34. The lowest BCUT2D eigenvalue weighted by Crippen LogP contribution is -2.37. The highest BCUT2D eigenvalue weighted by Gasteiger charge is 2.31. The molecule has 0 N–H and O–H groups in total. The van der Waals surface area contributed by atoms with Crippen LogP contribution in [0.5, 0.6) is 0 Å². The van der Waals surface area contributed by atoms with Gasteiger partial charge in [-0.2, -0.15) is 0 Å². The fourth-order valence-corrected chi connectivity index (χ4v) is 5.25. The van der Waals surface area contributed by atoms with Crippen molar-refractivity contribution < 1.29 is 4.79 Å². The molecule has 7 heteroatoms. The van der Waals surface area contributed by atoms with Crippen LogP contribution in [0, 0.1) is 6.92 Å². The summed E-state index contributed by atoms with van der Waals surface area (Å²) < 4.78 is 2.03. The Balaban J connectivity index is 1.47. The first-order valence-electron chi connectivity index (χ1n) is 10.8. The number of anilines is 1. The van der Waals surface area contributed by atoms with E-state index in [2.05, 4.69) is 36.2 Å². The number of aromatic nitrogens is 3. The Morgan fingerprint density at radius 3 is 2.45 bits per heavy atom. The third-order valence-corrected chi connectivity index (χ3v) is 7.06. The first kappa shape index (κ1) is 21.7. The highest BCUT2D eigenvalue weighted by atomic mass is 35.5. The van der Waals surface area contributed by atoms with E-state index in [0.29, 0.717) is 10.2 Å². The van der Waals surface area contributed by atoms with E-state index >= 15 is 0 Å². The fourth-order valence-electron chi connectivity index (χ4n) is 4.32. The SMILES string of the molecule is Cc1ccccc1-n1c(SCC(=O)N2c3ccccc3CC2C)nnc1-c1ccc(Cl)cc1. The average Bonchev–Trinajstić information content (AvgIpc) is 3.38. The second kappa shape index (κ2) is 9.04. The topological polar surface area (TPSA) is 51.0 Å². The molecule has 3 aromatic carbocycles. The zero-order chi connectivity index (χ0) is 22.9. The Kier molecular flexibility index (Phi) is 5.96. The van der Waals surface area contributed by atoms with Crippen molar-refractivity contribution >= 4 is 35.0 Å². The lowest BCUT2D eigenvalue weighted by molar-refractivity contribution is -0.116. The number of aryl methyl sites for hydroxylation is 1. The van der Waals surface area contributed by atoms with Gasteiger partial charge in [-0.25, -0.2) is 0 Å². The molecule has 0 spiro atoms. The maximum Gasteiger partial charge on any atom is 0.237 e. The van der Waals surface area contributed by atoms with Crippen LogP contribution >= 0.6 is 23.4 Å². The number of carbonyl (C=O) groups excluding carboxylic acids is 1. The van der Waals surface area contributed by atoms with Crippen molar-refractivity contribution in [3.63, 3.8) is 0 Å². The molecule has 0 bridgehead atoms. The van der Waals surface area contributed by atoms with Gasteiger partial charge in [-0.3, -0.25) is 9.36 Å². The van der Waals surface area contributed by atoms with Gasteiger partial charge in [0.25, 0.3) is 0 Å². The Morgan fingerprint density at radius 2 is 1.70 bits per heavy atom. The number of halogens is 1. The van der Waals surface area contributed by atoms with Crippen LogP contribution in [-0.4, -0.2) is 32.5 Å². The standard InChI is InChI=1S/C26H23ClN4OS/c1-17-7-3-5-9-22(17)31-25(19-11-13-21(27)14-12-19)28-29-26(31)33-16-24(32)30-18(2)15-20-8-4-6-10-23(20)30/h3-14,18H,15-16H2,1-2H3. The first-order valence-corrected chi connectivity index (χ1v) is 12.2. The Labute approximate surface area is 202 Å². The normalized spacial score (nSPS) is 15.0. The number of para-hydroxylation sites is 2. The molecule has 1 unspecified atom stereocenters. The summed E-state index contributed by atoms with van der Waals surface area (Å²) in [6.45, 7) is 4.15. The molecule has 5 rings (SSSR count). The van der Waals surface area contributed by atoms with Crippen LogP contribution in [0.2, 0.25) is 5.02 Å². The van der Waals surface area contributed by atoms with Gasteiger partial charge in [0.1, 0.15) is 0 Å². The summed E-state index contributed by atoms with van der Waals surface area (Å²) >= 11 is 7.50. The number of amides is 1. The predicted octanol–water partition coefficient (Wildman–Crippen LogP) is 5.97. The number of fused-ring (bicyclic) bond motifs is 1. The summed E-state index contributed by atoms with van der Waals surface area (Å²) in [5.41, 5.74) is 5.23. The van der Waals surface area contributed by atoms with Crippen LogP contribution in [0.3, 0.4) is 0 Å². The molecule has 5 nitrogen and oxygen atoms in total. The van der Waals surface area contributed by atoms with E-state index in [0.717, 1.165) is 34.7 Å². The minimum Gasteiger partial charge on any atom is -0.308 e. The molecule has 1 amide bonds. The van der Waals surface area contributed by atoms with Gasteiger partial charge >= 0.3 is 0 Å². The molecule has 2 heterocycles. The number of thioether (sulfide) groups is 1. The van der Waals surface area contributed by atoms with Gasteiger partial charge in [0.05, 0.1) is 11.4 Å². The largest absolute Gasteiger partial charge is 0.308 e. The van der Waals surface area contributed by atoms with Crippen molar-refractivity contribution in [2.24, 2.45) is 0 Å². The molecule has 0 fully saturated rings. The third-order valence-electron chi connectivity index (χ3n) is 5.89. The average molecular weight is 475 g/mol. The second-order valence-electron chi connectivity index (χ2n) is 8.17. The number of rotatable bonds is 5. The summed E-state index contributed by atoms with van der Waals surface area (Å²) in [7, 11) is 0. The van der Waals surface area contributed by atoms with Gasteiger partial charge in [0.15, 0.2) is 11.0 Å². The van der Waals surface area contributed by atoms with Crippen LogP contribution in [0.25, 0.3) is 17.1 Å². The molecule has 1 aliphatic rings. The number of hydrogen-bond acceptors (Lipinski definition) is 4. The minimum absolute atomic E-state index is 0.0739. The molecule has 0 saturated carbocycles. The van der Waals surface area contributed by atoms with E-state index in [4.69, 9.17) is 11.6 Å². The molecule has 1 atom stereocenters. The second-order valence-corrected chi connectivity index (χ2v) is 9.55. The molecule has 0 aliphatic carbocycles. The maximum atomic E-state index is 13.3. The van der Waals surface area contributed by atoms with Crippen molar-refractivity contribution in [1.29, 1.82) is 0 Å². The van der Waals surface area contributed by atoms with Gasteiger partial charge in [0, 0.05) is 22.3 Å². The van der Waals surface area contributed by atoms with Gasteiger partial charge in [-0.15, -0.1) is 10.2 Å². The smallest absolute Gasteiger partial charge is 0.237 e. The number of benzene rings is 3. The Morgan fingerprint density at radius 1 is 1.00 bits per heavy atom. The van der Waals surface area contributed by atoms with Crippen molar-refractivity contribution in [2.45, 2.75) is 31.5 Å². The van der Waals surface area contributed by atoms with E-state index in [9.17, 15) is 4.79 Å². The zero-order valence-electron chi connectivity index (χ0n) is 18.4. The first-order chi connectivity index (χ1) is 16.0. The van der Waals surface area contributed by atoms with E-state index < -0.39 is 0 Å². The van der Waals surface area contributed by atoms with E-state index in [-0.39, 0.29) is 17.7 Å². The van der Waals surface area contributed by atoms with Crippen molar-refractivity contribution in [3.05, 3.63) is 88.9 Å². The van der Waals surface area contributed by atoms with Crippen LogP contribution in [0.15, 0.2) is 78.0 Å². The van der Waals surface area contributed by atoms with Gasteiger partial charge < -0.3 is 4.90 Å². The van der Waals surface area contributed by atoms with Gasteiger partial charge in [0.2, 0.25) is 5.91 Å².